The minimum Gasteiger partial charge on any atom is -0.335 e. The van der Waals surface area contributed by atoms with Crippen LogP contribution < -0.4 is 5.84 Å². The van der Waals surface area contributed by atoms with Gasteiger partial charge in [0.15, 0.2) is 0 Å². The first-order chi connectivity index (χ1) is 9.29. The van der Waals surface area contributed by atoms with Gasteiger partial charge >= 0.3 is 11.2 Å². The normalized spacial score (nSPS) is 11.8. The van der Waals surface area contributed by atoms with Gasteiger partial charge < -0.3 is 5.84 Å². The minimum atomic E-state index is -4.68. The first kappa shape index (κ1) is 14.6. The van der Waals surface area contributed by atoms with Gasteiger partial charge in [0, 0.05) is 17.2 Å². The molecule has 7 nitrogen and oxygen atoms in total. The van der Waals surface area contributed by atoms with Crippen molar-refractivity contribution in [2.24, 2.45) is 0 Å². The molecule has 108 valence electrons. The summed E-state index contributed by atoms with van der Waals surface area (Å²) in [7, 11) is 0. The number of hydrogen-bond donors (Lipinski definition) is 1. The van der Waals surface area contributed by atoms with E-state index in [9.17, 15) is 23.3 Å². The van der Waals surface area contributed by atoms with Gasteiger partial charge in [0.05, 0.1) is 4.92 Å². The van der Waals surface area contributed by atoms with E-state index >= 15 is 0 Å². The molecule has 2 aromatic rings. The van der Waals surface area contributed by atoms with Crippen LogP contribution in [0.2, 0.25) is 0 Å². The molecule has 0 atom stereocenters. The highest BCUT2D eigenvalue weighted by atomic mass is 32.2. The first-order valence-corrected chi connectivity index (χ1v) is 6.78. The third-order valence-corrected chi connectivity index (χ3v) is 4.05. The molecule has 2 aromatic heterocycles. The standard InChI is InChI=1S/C8H6F3N5O2S2/c9-8(10,11)6-13-14-7(15(6)12)20-3-4-1-5(16(17)18)19-2-4/h1-2H,3,12H2. The summed E-state index contributed by atoms with van der Waals surface area (Å²) in [4.78, 5) is 9.96. The summed E-state index contributed by atoms with van der Waals surface area (Å²) in [5.41, 5.74) is 0.600. The lowest BCUT2D eigenvalue weighted by molar-refractivity contribution is -0.380. The fourth-order valence-corrected chi connectivity index (χ4v) is 2.87. The highest BCUT2D eigenvalue weighted by Gasteiger charge is 2.38. The van der Waals surface area contributed by atoms with Crippen molar-refractivity contribution in [3.8, 4) is 0 Å². The SMILES string of the molecule is Nn1c(SCc2csc([N+](=O)[O-])c2)nnc1C(F)(F)F. The van der Waals surface area contributed by atoms with Crippen LogP contribution in [0.3, 0.4) is 0 Å². The molecule has 20 heavy (non-hydrogen) atoms. The van der Waals surface area contributed by atoms with Gasteiger partial charge in [-0.05, 0) is 5.56 Å². The number of rotatable bonds is 4. The first-order valence-electron chi connectivity index (χ1n) is 4.91. The summed E-state index contributed by atoms with van der Waals surface area (Å²) in [6, 6.07) is 1.35. The Hall–Kier alpha value is -1.82. The van der Waals surface area contributed by atoms with E-state index in [2.05, 4.69) is 10.2 Å². The van der Waals surface area contributed by atoms with Gasteiger partial charge in [-0.25, -0.2) is 4.68 Å². The predicted molar refractivity (Wildman–Crippen MR) is 65.7 cm³/mol. The average Bonchev–Trinajstić information content (AvgIpc) is 2.92. The van der Waals surface area contributed by atoms with E-state index in [0.29, 0.717) is 10.2 Å². The molecule has 2 rings (SSSR count). The van der Waals surface area contributed by atoms with Crippen LogP contribution >= 0.6 is 23.1 Å². The molecule has 0 bridgehead atoms. The van der Waals surface area contributed by atoms with E-state index < -0.39 is 16.9 Å². The minimum absolute atomic E-state index is 0.0363. The molecule has 0 aliphatic rings. The number of nitrogens with zero attached hydrogens (tertiary/aromatic N) is 4. The van der Waals surface area contributed by atoms with Gasteiger partial charge in [-0.2, -0.15) is 13.2 Å². The van der Waals surface area contributed by atoms with Crippen molar-refractivity contribution < 1.29 is 18.1 Å². The monoisotopic (exact) mass is 325 g/mol. The van der Waals surface area contributed by atoms with Crippen LogP contribution in [0.15, 0.2) is 16.6 Å². The second-order valence-corrected chi connectivity index (χ2v) is 5.35. The smallest absolute Gasteiger partial charge is 0.335 e. The molecule has 0 aromatic carbocycles. The van der Waals surface area contributed by atoms with Crippen molar-refractivity contribution in [3.05, 3.63) is 32.9 Å². The van der Waals surface area contributed by atoms with E-state index in [0.717, 1.165) is 23.1 Å². The predicted octanol–water partition coefficient (Wildman–Crippen LogP) is 2.27. The number of nitro groups is 1. The molecule has 0 radical (unpaired) electrons. The zero-order valence-electron chi connectivity index (χ0n) is 9.49. The molecular formula is C8H6F3N5O2S2. The number of halogens is 3. The van der Waals surface area contributed by atoms with Crippen molar-refractivity contribution in [1.29, 1.82) is 0 Å². The van der Waals surface area contributed by atoms with Crippen molar-refractivity contribution in [1.82, 2.24) is 14.9 Å². The van der Waals surface area contributed by atoms with Crippen molar-refractivity contribution in [2.75, 3.05) is 5.84 Å². The number of hydrogen-bond acceptors (Lipinski definition) is 7. The largest absolute Gasteiger partial charge is 0.453 e. The number of nitrogen functional groups attached to an aromatic ring is 1. The molecule has 2 N–H and O–H groups in total. The van der Waals surface area contributed by atoms with Crippen LogP contribution in [0.5, 0.6) is 0 Å². The Kier molecular flexibility index (Phi) is 3.85. The van der Waals surface area contributed by atoms with Gasteiger partial charge in [0.25, 0.3) is 5.82 Å². The van der Waals surface area contributed by atoms with Crippen LogP contribution in [-0.4, -0.2) is 19.8 Å². The molecule has 0 spiro atoms. The molecule has 12 heteroatoms. The molecule has 2 heterocycles. The number of alkyl halides is 3. The summed E-state index contributed by atoms with van der Waals surface area (Å²) < 4.78 is 37.6. The van der Waals surface area contributed by atoms with Gasteiger partial charge in [0.2, 0.25) is 5.16 Å². The van der Waals surface area contributed by atoms with Gasteiger partial charge in [-0.1, -0.05) is 23.1 Å². The molecule has 0 unspecified atom stereocenters. The number of thiophene rings is 1. The third kappa shape index (κ3) is 3.01. The zero-order chi connectivity index (χ0) is 14.9. The maximum Gasteiger partial charge on any atom is 0.453 e. The van der Waals surface area contributed by atoms with Gasteiger partial charge in [-0.3, -0.25) is 10.1 Å². The van der Waals surface area contributed by atoms with Crippen LogP contribution in [0, 0.1) is 10.1 Å². The summed E-state index contributed by atoms with van der Waals surface area (Å²) in [5.74, 6) is 4.16. The Morgan fingerprint density at radius 1 is 1.50 bits per heavy atom. The Morgan fingerprint density at radius 2 is 2.20 bits per heavy atom. The Morgan fingerprint density at radius 3 is 2.70 bits per heavy atom. The fraction of sp³-hybridized carbons (Fsp3) is 0.250. The van der Waals surface area contributed by atoms with Crippen molar-refractivity contribution >= 4 is 28.1 Å². The number of thioether (sulfide) groups is 1. The lowest BCUT2D eigenvalue weighted by Crippen LogP contribution is -2.21. The lowest BCUT2D eigenvalue weighted by atomic mass is 10.4. The van der Waals surface area contributed by atoms with Crippen molar-refractivity contribution in [2.45, 2.75) is 17.1 Å². The quantitative estimate of drug-likeness (QED) is 0.400. The van der Waals surface area contributed by atoms with E-state index in [1.54, 1.807) is 5.38 Å². The molecular weight excluding hydrogens is 319 g/mol. The van der Waals surface area contributed by atoms with Gasteiger partial charge in [-0.15, -0.1) is 10.2 Å². The molecule has 0 amide bonds. The van der Waals surface area contributed by atoms with Crippen molar-refractivity contribution in [3.63, 3.8) is 0 Å². The van der Waals surface area contributed by atoms with E-state index in [-0.39, 0.29) is 15.9 Å². The third-order valence-electron chi connectivity index (χ3n) is 2.11. The Balaban J connectivity index is 2.07. The topological polar surface area (TPSA) is 99.9 Å². The Labute approximate surface area is 117 Å². The molecule has 0 aliphatic heterocycles. The second kappa shape index (κ2) is 5.28. The summed E-state index contributed by atoms with van der Waals surface area (Å²) in [6.45, 7) is 0. The maximum atomic E-state index is 12.4. The van der Waals surface area contributed by atoms with Crippen LogP contribution in [0.4, 0.5) is 18.2 Å². The fourth-order valence-electron chi connectivity index (χ4n) is 1.25. The second-order valence-electron chi connectivity index (χ2n) is 3.51. The Bertz CT molecular complexity index is 638. The van der Waals surface area contributed by atoms with E-state index in [1.165, 1.54) is 6.07 Å². The van der Waals surface area contributed by atoms with E-state index in [4.69, 9.17) is 5.84 Å². The average molecular weight is 325 g/mol. The van der Waals surface area contributed by atoms with Crippen LogP contribution in [0.1, 0.15) is 11.4 Å². The van der Waals surface area contributed by atoms with Gasteiger partial charge in [0.1, 0.15) is 0 Å². The highest BCUT2D eigenvalue weighted by Crippen LogP contribution is 2.31. The summed E-state index contributed by atoms with van der Waals surface area (Å²) >= 11 is 1.85. The molecule has 0 saturated carbocycles. The zero-order valence-corrected chi connectivity index (χ0v) is 11.1. The molecule has 0 fully saturated rings. The molecule has 0 saturated heterocycles. The summed E-state index contributed by atoms with van der Waals surface area (Å²) in [6.07, 6.45) is -4.68. The highest BCUT2D eigenvalue weighted by molar-refractivity contribution is 7.98. The number of aromatic nitrogens is 3. The maximum absolute atomic E-state index is 12.4. The summed E-state index contributed by atoms with van der Waals surface area (Å²) in [5, 5.41) is 18.2. The molecule has 0 aliphatic carbocycles. The van der Waals surface area contributed by atoms with Crippen LogP contribution in [0.25, 0.3) is 0 Å². The number of nitrogens with two attached hydrogens (primary N) is 1. The van der Waals surface area contributed by atoms with E-state index in [1.807, 2.05) is 0 Å². The van der Waals surface area contributed by atoms with Crippen LogP contribution in [-0.2, 0) is 11.9 Å². The lowest BCUT2D eigenvalue weighted by Gasteiger charge is -2.05.